The molecule has 0 amide bonds. The Kier molecular flexibility index (Phi) is 7.26. The molecule has 0 radical (unpaired) electrons. The topological polar surface area (TPSA) is 57.4 Å². The molecule has 0 saturated heterocycles. The molecule has 7 heteroatoms. The standard InChI is InChI=1S/C11H18F2N2O2S/c1-16-4-2-8(14)9-7-18-11(15-9)3-5-17-6-10(12)13/h7-8,10H,2-6,14H2,1H3. The summed E-state index contributed by atoms with van der Waals surface area (Å²) in [6.07, 6.45) is -1.17. The zero-order chi connectivity index (χ0) is 13.4. The van der Waals surface area contributed by atoms with Crippen LogP contribution >= 0.6 is 11.3 Å². The second-order valence-corrected chi connectivity index (χ2v) is 4.71. The van der Waals surface area contributed by atoms with Crippen molar-refractivity contribution in [3.05, 3.63) is 16.1 Å². The lowest BCUT2D eigenvalue weighted by atomic mass is 10.2. The van der Waals surface area contributed by atoms with Gasteiger partial charge in [-0.1, -0.05) is 0 Å². The first kappa shape index (κ1) is 15.4. The number of alkyl halides is 2. The van der Waals surface area contributed by atoms with Crippen LogP contribution in [0.25, 0.3) is 0 Å². The Bertz CT molecular complexity index is 337. The molecule has 1 atom stereocenters. The lowest BCUT2D eigenvalue weighted by Gasteiger charge is -2.07. The Labute approximate surface area is 109 Å². The molecular formula is C11H18F2N2O2S. The highest BCUT2D eigenvalue weighted by molar-refractivity contribution is 7.09. The zero-order valence-corrected chi connectivity index (χ0v) is 11.1. The normalized spacial score (nSPS) is 13.2. The van der Waals surface area contributed by atoms with Crippen molar-refractivity contribution in [3.8, 4) is 0 Å². The molecule has 0 saturated carbocycles. The van der Waals surface area contributed by atoms with Crippen molar-refractivity contribution in [1.29, 1.82) is 0 Å². The average Bonchev–Trinajstić information content (AvgIpc) is 2.80. The molecule has 1 aromatic rings. The Morgan fingerprint density at radius 1 is 1.44 bits per heavy atom. The molecule has 1 unspecified atom stereocenters. The largest absolute Gasteiger partial charge is 0.385 e. The zero-order valence-electron chi connectivity index (χ0n) is 10.3. The molecule has 2 N–H and O–H groups in total. The third-order valence-electron chi connectivity index (χ3n) is 2.29. The van der Waals surface area contributed by atoms with Crippen LogP contribution in [-0.4, -0.2) is 38.3 Å². The van der Waals surface area contributed by atoms with E-state index in [0.29, 0.717) is 19.4 Å². The number of thiazole rings is 1. The van der Waals surface area contributed by atoms with Gasteiger partial charge in [0.1, 0.15) is 6.61 Å². The molecule has 0 aromatic carbocycles. The number of methoxy groups -OCH3 is 1. The van der Waals surface area contributed by atoms with Gasteiger partial charge in [0, 0.05) is 25.5 Å². The van der Waals surface area contributed by atoms with Crippen LogP contribution < -0.4 is 5.73 Å². The van der Waals surface area contributed by atoms with E-state index in [1.54, 1.807) is 7.11 Å². The van der Waals surface area contributed by atoms with E-state index in [9.17, 15) is 8.78 Å². The van der Waals surface area contributed by atoms with Crippen LogP contribution in [0.4, 0.5) is 8.78 Å². The summed E-state index contributed by atoms with van der Waals surface area (Å²) in [6.45, 7) is 0.321. The van der Waals surface area contributed by atoms with Crippen molar-refractivity contribution in [2.75, 3.05) is 26.9 Å². The molecule has 104 valence electrons. The third-order valence-corrected chi connectivity index (χ3v) is 3.21. The monoisotopic (exact) mass is 280 g/mol. The van der Waals surface area contributed by atoms with Crippen LogP contribution in [-0.2, 0) is 15.9 Å². The van der Waals surface area contributed by atoms with Crippen molar-refractivity contribution >= 4 is 11.3 Å². The molecule has 1 aromatic heterocycles. The minimum Gasteiger partial charge on any atom is -0.385 e. The second kappa shape index (κ2) is 8.47. The number of nitrogens with two attached hydrogens (primary N) is 1. The van der Waals surface area contributed by atoms with Crippen molar-refractivity contribution in [2.24, 2.45) is 5.73 Å². The summed E-state index contributed by atoms with van der Waals surface area (Å²) in [5.74, 6) is 0. The van der Waals surface area contributed by atoms with Crippen molar-refractivity contribution in [2.45, 2.75) is 25.3 Å². The molecule has 0 aliphatic carbocycles. The van der Waals surface area contributed by atoms with E-state index in [1.807, 2.05) is 5.38 Å². The molecule has 0 spiro atoms. The summed E-state index contributed by atoms with van der Waals surface area (Å²) in [6, 6.07) is -0.142. The van der Waals surface area contributed by atoms with Crippen LogP contribution in [0.2, 0.25) is 0 Å². The molecular weight excluding hydrogens is 262 g/mol. The summed E-state index contributed by atoms with van der Waals surface area (Å²) < 4.78 is 33.4. The number of nitrogens with zero attached hydrogens (tertiary/aromatic N) is 1. The number of halogens is 2. The van der Waals surface area contributed by atoms with Gasteiger partial charge in [0.15, 0.2) is 0 Å². The first-order valence-corrected chi connectivity index (χ1v) is 6.56. The Morgan fingerprint density at radius 3 is 2.89 bits per heavy atom. The summed E-state index contributed by atoms with van der Waals surface area (Å²) in [7, 11) is 1.62. The van der Waals surface area contributed by atoms with Crippen molar-refractivity contribution in [3.63, 3.8) is 0 Å². The van der Waals surface area contributed by atoms with Gasteiger partial charge in [0.2, 0.25) is 0 Å². The summed E-state index contributed by atoms with van der Waals surface area (Å²) in [5, 5.41) is 2.75. The van der Waals surface area contributed by atoms with E-state index in [4.69, 9.17) is 15.2 Å². The van der Waals surface area contributed by atoms with Gasteiger partial charge in [-0.25, -0.2) is 13.8 Å². The number of rotatable bonds is 9. The van der Waals surface area contributed by atoms with Crippen LogP contribution in [0, 0.1) is 0 Å². The fourth-order valence-electron chi connectivity index (χ4n) is 1.33. The van der Waals surface area contributed by atoms with Crippen molar-refractivity contribution in [1.82, 2.24) is 4.98 Å². The minimum atomic E-state index is -2.42. The fourth-order valence-corrected chi connectivity index (χ4v) is 2.18. The van der Waals surface area contributed by atoms with Crippen LogP contribution in [0.1, 0.15) is 23.2 Å². The van der Waals surface area contributed by atoms with Gasteiger partial charge in [-0.05, 0) is 6.42 Å². The van der Waals surface area contributed by atoms with Crippen LogP contribution in [0.3, 0.4) is 0 Å². The molecule has 0 fully saturated rings. The SMILES string of the molecule is COCCC(N)c1csc(CCOCC(F)F)n1. The highest BCUT2D eigenvalue weighted by Crippen LogP contribution is 2.18. The number of hydrogen-bond donors (Lipinski definition) is 1. The highest BCUT2D eigenvalue weighted by Gasteiger charge is 2.10. The predicted molar refractivity (Wildman–Crippen MR) is 66.1 cm³/mol. The van der Waals surface area contributed by atoms with Gasteiger partial charge < -0.3 is 15.2 Å². The first-order valence-electron chi connectivity index (χ1n) is 5.68. The quantitative estimate of drug-likeness (QED) is 0.703. The third kappa shape index (κ3) is 5.81. The Morgan fingerprint density at radius 2 is 2.22 bits per heavy atom. The van der Waals surface area contributed by atoms with Crippen LogP contribution in [0.15, 0.2) is 5.38 Å². The highest BCUT2D eigenvalue weighted by atomic mass is 32.1. The lowest BCUT2D eigenvalue weighted by Crippen LogP contribution is -2.13. The summed E-state index contributed by atoms with van der Waals surface area (Å²) in [5.41, 5.74) is 6.74. The number of ether oxygens (including phenoxy) is 2. The van der Waals surface area contributed by atoms with Crippen molar-refractivity contribution < 1.29 is 18.3 Å². The molecule has 18 heavy (non-hydrogen) atoms. The Hall–Kier alpha value is -0.630. The maximum absolute atomic E-state index is 11.8. The molecule has 1 heterocycles. The summed E-state index contributed by atoms with van der Waals surface area (Å²) >= 11 is 1.47. The van der Waals surface area contributed by atoms with Gasteiger partial charge in [0.05, 0.1) is 23.4 Å². The van der Waals surface area contributed by atoms with E-state index in [0.717, 1.165) is 10.7 Å². The van der Waals surface area contributed by atoms with E-state index in [1.165, 1.54) is 11.3 Å². The second-order valence-electron chi connectivity index (χ2n) is 3.77. The van der Waals surface area contributed by atoms with Gasteiger partial charge in [0.25, 0.3) is 6.43 Å². The average molecular weight is 280 g/mol. The Balaban J connectivity index is 2.29. The molecule has 1 rings (SSSR count). The number of hydrogen-bond acceptors (Lipinski definition) is 5. The van der Waals surface area contributed by atoms with E-state index in [2.05, 4.69) is 4.98 Å². The van der Waals surface area contributed by atoms with Gasteiger partial charge in [-0.3, -0.25) is 0 Å². The molecule has 4 nitrogen and oxygen atoms in total. The molecule has 0 aliphatic heterocycles. The lowest BCUT2D eigenvalue weighted by molar-refractivity contribution is 0.0187. The molecule has 0 bridgehead atoms. The fraction of sp³-hybridized carbons (Fsp3) is 0.727. The van der Waals surface area contributed by atoms with E-state index < -0.39 is 13.0 Å². The first-order chi connectivity index (χ1) is 8.63. The van der Waals surface area contributed by atoms with Gasteiger partial charge >= 0.3 is 0 Å². The van der Waals surface area contributed by atoms with Crippen LogP contribution in [0.5, 0.6) is 0 Å². The predicted octanol–water partition coefficient (Wildman–Crippen LogP) is 2.00. The number of aromatic nitrogens is 1. The smallest absolute Gasteiger partial charge is 0.261 e. The summed E-state index contributed by atoms with van der Waals surface area (Å²) in [4.78, 5) is 4.35. The van der Waals surface area contributed by atoms with Gasteiger partial charge in [-0.15, -0.1) is 11.3 Å². The van der Waals surface area contributed by atoms with Gasteiger partial charge in [-0.2, -0.15) is 0 Å². The maximum Gasteiger partial charge on any atom is 0.261 e. The van der Waals surface area contributed by atoms with E-state index in [-0.39, 0.29) is 12.6 Å². The minimum absolute atomic E-state index is 0.142. The maximum atomic E-state index is 11.8. The van der Waals surface area contributed by atoms with E-state index >= 15 is 0 Å². The molecule has 0 aliphatic rings.